The highest BCUT2D eigenvalue weighted by Crippen LogP contribution is 2.41. The molecular formula is C32H45N7O3. The monoisotopic (exact) mass is 575 g/mol. The Kier molecular flexibility index (Phi) is 9.87. The van der Waals surface area contributed by atoms with Crippen LogP contribution in [0.1, 0.15) is 60.7 Å². The lowest BCUT2D eigenvalue weighted by Crippen LogP contribution is -2.43. The molecule has 0 bridgehead atoms. The summed E-state index contributed by atoms with van der Waals surface area (Å²) in [5, 5.41) is 9.70. The quantitative estimate of drug-likeness (QED) is 0.303. The minimum absolute atomic E-state index is 0.138. The van der Waals surface area contributed by atoms with Gasteiger partial charge in [0.15, 0.2) is 0 Å². The van der Waals surface area contributed by atoms with Crippen molar-refractivity contribution in [3.8, 4) is 0 Å². The molecule has 1 spiro atoms. The van der Waals surface area contributed by atoms with Crippen molar-refractivity contribution in [1.29, 1.82) is 0 Å². The van der Waals surface area contributed by atoms with E-state index in [0.29, 0.717) is 29.7 Å². The normalized spacial score (nSPS) is 17.5. The summed E-state index contributed by atoms with van der Waals surface area (Å²) in [5.41, 5.74) is 2.04. The van der Waals surface area contributed by atoms with Crippen molar-refractivity contribution in [3.05, 3.63) is 71.8 Å². The van der Waals surface area contributed by atoms with E-state index in [1.54, 1.807) is 36.9 Å². The molecule has 0 unspecified atom stereocenters. The maximum absolute atomic E-state index is 13.6. The first-order valence-corrected chi connectivity index (χ1v) is 15.3. The van der Waals surface area contributed by atoms with Crippen molar-refractivity contribution < 1.29 is 14.7 Å². The molecule has 2 amide bonds. The van der Waals surface area contributed by atoms with Crippen LogP contribution in [-0.4, -0.2) is 97.4 Å². The lowest BCUT2D eigenvalue weighted by Gasteiger charge is -2.40. The molecule has 0 aliphatic carbocycles. The molecule has 2 fully saturated rings. The number of aromatic amines is 2. The summed E-state index contributed by atoms with van der Waals surface area (Å²) in [7, 11) is 0. The largest absolute Gasteiger partial charge is 0.387 e. The third-order valence-corrected chi connectivity index (χ3v) is 8.86. The fourth-order valence-corrected chi connectivity index (χ4v) is 6.67. The lowest BCUT2D eigenvalue weighted by atomic mass is 9.77. The van der Waals surface area contributed by atoms with E-state index in [1.807, 2.05) is 12.1 Å². The molecule has 3 N–H and O–H groups in total. The number of nitrogens with one attached hydrogen (secondary N) is 2. The van der Waals surface area contributed by atoms with Gasteiger partial charge < -0.3 is 20.0 Å². The van der Waals surface area contributed by atoms with E-state index in [0.717, 1.165) is 36.8 Å². The first-order valence-electron chi connectivity index (χ1n) is 15.3. The third kappa shape index (κ3) is 7.73. The second-order valence-corrected chi connectivity index (χ2v) is 12.7. The van der Waals surface area contributed by atoms with E-state index in [9.17, 15) is 14.7 Å². The molecule has 2 saturated heterocycles. The van der Waals surface area contributed by atoms with Crippen LogP contribution in [0.5, 0.6) is 0 Å². The van der Waals surface area contributed by atoms with Crippen LogP contribution >= 0.6 is 0 Å². The SMILES string of the molecule is CC(C)CN1CCC2(CC1)CCN(Cc1ccc(C(=O)N(CC(Cc3ncc[nH]3)Cc3ncc[nH]3)C(=O)CO)cc1)C2. The Morgan fingerprint density at radius 1 is 0.952 bits per heavy atom. The van der Waals surface area contributed by atoms with Gasteiger partial charge in [-0.3, -0.25) is 19.4 Å². The van der Waals surface area contributed by atoms with Gasteiger partial charge >= 0.3 is 0 Å². The molecule has 0 radical (unpaired) electrons. The number of amides is 2. The molecule has 10 nitrogen and oxygen atoms in total. The van der Waals surface area contributed by atoms with Crippen molar-refractivity contribution in [3.63, 3.8) is 0 Å². The van der Waals surface area contributed by atoms with E-state index >= 15 is 0 Å². The summed E-state index contributed by atoms with van der Waals surface area (Å²) in [6, 6.07) is 7.60. The van der Waals surface area contributed by atoms with Crippen LogP contribution in [0.4, 0.5) is 0 Å². The Bertz CT molecular complexity index is 1230. The van der Waals surface area contributed by atoms with Crippen LogP contribution in [0.2, 0.25) is 0 Å². The van der Waals surface area contributed by atoms with Crippen molar-refractivity contribution in [2.45, 2.75) is 52.5 Å². The fraction of sp³-hybridized carbons (Fsp3) is 0.562. The van der Waals surface area contributed by atoms with Crippen LogP contribution in [0.3, 0.4) is 0 Å². The Hall–Kier alpha value is -3.34. The number of aliphatic hydroxyl groups excluding tert-OH is 1. The summed E-state index contributed by atoms with van der Waals surface area (Å²) < 4.78 is 0. The van der Waals surface area contributed by atoms with Crippen molar-refractivity contribution in [2.75, 3.05) is 45.9 Å². The van der Waals surface area contributed by atoms with Crippen LogP contribution in [0.15, 0.2) is 49.1 Å². The zero-order chi connectivity index (χ0) is 29.5. The van der Waals surface area contributed by atoms with E-state index in [1.165, 1.54) is 43.8 Å². The van der Waals surface area contributed by atoms with Crippen LogP contribution in [0, 0.1) is 17.3 Å². The number of imide groups is 1. The molecule has 1 aromatic carbocycles. The Labute approximate surface area is 248 Å². The van der Waals surface area contributed by atoms with Gasteiger partial charge in [0.2, 0.25) is 0 Å². The Morgan fingerprint density at radius 3 is 2.07 bits per heavy atom. The number of hydrogen-bond donors (Lipinski definition) is 3. The highest BCUT2D eigenvalue weighted by atomic mass is 16.3. The number of rotatable bonds is 12. The van der Waals surface area contributed by atoms with E-state index in [4.69, 9.17) is 0 Å². The lowest BCUT2D eigenvalue weighted by molar-refractivity contribution is -0.132. The molecule has 5 rings (SSSR count). The number of likely N-dealkylation sites (tertiary alicyclic amines) is 2. The van der Waals surface area contributed by atoms with Gasteiger partial charge in [-0.05, 0) is 73.8 Å². The predicted molar refractivity (Wildman–Crippen MR) is 160 cm³/mol. The number of benzene rings is 1. The molecular weight excluding hydrogens is 530 g/mol. The molecule has 0 atom stereocenters. The number of piperidine rings is 1. The minimum atomic E-state index is -0.732. The van der Waals surface area contributed by atoms with Gasteiger partial charge in [-0.25, -0.2) is 9.97 Å². The molecule has 2 aromatic heterocycles. The van der Waals surface area contributed by atoms with Crippen LogP contribution < -0.4 is 0 Å². The molecule has 4 heterocycles. The molecule has 0 saturated carbocycles. The first-order chi connectivity index (χ1) is 20.3. The fourth-order valence-electron chi connectivity index (χ4n) is 6.67. The van der Waals surface area contributed by atoms with Crippen molar-refractivity contribution in [1.82, 2.24) is 34.6 Å². The topological polar surface area (TPSA) is 121 Å². The molecule has 3 aromatic rings. The average Bonchev–Trinajstić information content (AvgIpc) is 3.77. The number of aliphatic hydroxyl groups is 1. The standard InChI is InChI=1S/C32H45N7O3/c1-24(2)19-37-14-7-32(8-15-37)9-16-38(23-32)20-25-3-5-27(6-4-25)31(42)39(30(41)22-40)21-26(17-28-33-10-11-34-28)18-29-35-12-13-36-29/h3-6,10-13,24,26,40H,7-9,14-23H2,1-2H3,(H,33,34)(H,35,36). The Morgan fingerprint density at radius 2 is 1.55 bits per heavy atom. The molecule has 2 aliphatic heterocycles. The van der Waals surface area contributed by atoms with Gasteiger partial charge in [-0.15, -0.1) is 0 Å². The Balaban J connectivity index is 1.20. The minimum Gasteiger partial charge on any atom is -0.387 e. The summed E-state index contributed by atoms with van der Waals surface area (Å²) in [4.78, 5) is 47.5. The van der Waals surface area contributed by atoms with Gasteiger partial charge in [0.1, 0.15) is 18.3 Å². The second kappa shape index (κ2) is 13.8. The van der Waals surface area contributed by atoms with Gasteiger partial charge in [-0.2, -0.15) is 0 Å². The number of carbonyl (C=O) groups is 2. The average molecular weight is 576 g/mol. The maximum atomic E-state index is 13.6. The number of nitrogens with zero attached hydrogens (tertiary/aromatic N) is 5. The number of imidazole rings is 2. The maximum Gasteiger partial charge on any atom is 0.260 e. The van der Waals surface area contributed by atoms with E-state index in [2.05, 4.69) is 43.6 Å². The number of carbonyl (C=O) groups excluding carboxylic acids is 2. The van der Waals surface area contributed by atoms with Crippen molar-refractivity contribution >= 4 is 11.8 Å². The van der Waals surface area contributed by atoms with Gasteiger partial charge in [0.25, 0.3) is 11.8 Å². The van der Waals surface area contributed by atoms with E-state index < -0.39 is 18.4 Å². The zero-order valence-corrected chi connectivity index (χ0v) is 25.0. The predicted octanol–water partition coefficient (Wildman–Crippen LogP) is 3.14. The first kappa shape index (κ1) is 30.1. The van der Waals surface area contributed by atoms with Crippen LogP contribution in [-0.2, 0) is 24.2 Å². The molecule has 42 heavy (non-hydrogen) atoms. The summed E-state index contributed by atoms with van der Waals surface area (Å²) in [6.07, 6.45) is 11.7. The highest BCUT2D eigenvalue weighted by molar-refractivity contribution is 6.05. The number of hydrogen-bond acceptors (Lipinski definition) is 7. The second-order valence-electron chi connectivity index (χ2n) is 12.7. The third-order valence-electron chi connectivity index (χ3n) is 8.86. The molecule has 226 valence electrons. The molecule has 10 heteroatoms. The zero-order valence-electron chi connectivity index (χ0n) is 25.0. The van der Waals surface area contributed by atoms with Gasteiger partial charge in [-0.1, -0.05) is 26.0 Å². The summed E-state index contributed by atoms with van der Waals surface area (Å²) in [5.74, 6) is 1.09. The van der Waals surface area contributed by atoms with Gasteiger partial charge in [0, 0.05) is 69.4 Å². The summed E-state index contributed by atoms with van der Waals surface area (Å²) in [6.45, 7) is 10.7. The molecule has 2 aliphatic rings. The van der Waals surface area contributed by atoms with E-state index in [-0.39, 0.29) is 12.5 Å². The van der Waals surface area contributed by atoms with Crippen LogP contribution in [0.25, 0.3) is 0 Å². The van der Waals surface area contributed by atoms with Crippen molar-refractivity contribution in [2.24, 2.45) is 17.3 Å². The number of H-pyrrole nitrogens is 2. The smallest absolute Gasteiger partial charge is 0.260 e. The summed E-state index contributed by atoms with van der Waals surface area (Å²) >= 11 is 0. The number of aromatic nitrogens is 4. The van der Waals surface area contributed by atoms with Gasteiger partial charge in [0.05, 0.1) is 0 Å². The highest BCUT2D eigenvalue weighted by Gasteiger charge is 2.40.